The smallest absolute Gasteiger partial charge is 0.407 e. The van der Waals surface area contributed by atoms with Gasteiger partial charge in [0.25, 0.3) is 0 Å². The third-order valence-corrected chi connectivity index (χ3v) is 2.65. The van der Waals surface area contributed by atoms with Crippen molar-refractivity contribution in [1.29, 1.82) is 0 Å². The number of amides is 1. The maximum atomic E-state index is 11.5. The van der Waals surface area contributed by atoms with E-state index in [2.05, 4.69) is 11.9 Å². The van der Waals surface area contributed by atoms with Crippen LogP contribution in [0, 0.1) is 5.92 Å². The Morgan fingerprint density at radius 2 is 2.20 bits per heavy atom. The summed E-state index contributed by atoms with van der Waals surface area (Å²) in [6.07, 6.45) is 1.87. The fourth-order valence-corrected chi connectivity index (χ4v) is 1.71. The molecule has 3 nitrogen and oxygen atoms in total. The molecule has 1 aliphatic rings. The Kier molecular flexibility index (Phi) is 3.42. The molecule has 2 atom stereocenters. The SMILES string of the molecule is C=C1CCC1C(C)NC(=O)OC(C)(C)C. The van der Waals surface area contributed by atoms with Gasteiger partial charge < -0.3 is 10.1 Å². The molecule has 0 aromatic rings. The van der Waals surface area contributed by atoms with E-state index in [0.717, 1.165) is 12.8 Å². The van der Waals surface area contributed by atoms with Gasteiger partial charge in [0.1, 0.15) is 5.60 Å². The fraction of sp³-hybridized carbons (Fsp3) is 0.750. The summed E-state index contributed by atoms with van der Waals surface area (Å²) in [6, 6.07) is 0.126. The standard InChI is InChI=1S/C12H21NO2/c1-8-6-7-10(8)9(2)13-11(14)15-12(3,4)5/h9-10H,1,6-7H2,2-5H3,(H,13,14). The molecule has 0 aromatic carbocycles. The second-order valence-corrected chi connectivity index (χ2v) is 5.24. The summed E-state index contributed by atoms with van der Waals surface area (Å²) < 4.78 is 5.18. The van der Waals surface area contributed by atoms with Crippen LogP contribution in [0.2, 0.25) is 0 Å². The normalized spacial score (nSPS) is 22.9. The number of rotatable bonds is 2. The Bertz CT molecular complexity index is 265. The van der Waals surface area contributed by atoms with Crippen molar-refractivity contribution in [3.05, 3.63) is 12.2 Å². The Labute approximate surface area is 91.9 Å². The van der Waals surface area contributed by atoms with Crippen LogP contribution in [0.15, 0.2) is 12.2 Å². The van der Waals surface area contributed by atoms with Crippen LogP contribution in [0.5, 0.6) is 0 Å². The summed E-state index contributed by atoms with van der Waals surface area (Å²) in [7, 11) is 0. The van der Waals surface area contributed by atoms with Crippen LogP contribution in [0.3, 0.4) is 0 Å². The van der Waals surface area contributed by atoms with Crippen molar-refractivity contribution in [3.8, 4) is 0 Å². The van der Waals surface area contributed by atoms with Crippen molar-refractivity contribution in [2.75, 3.05) is 0 Å². The molecule has 15 heavy (non-hydrogen) atoms. The highest BCUT2D eigenvalue weighted by Crippen LogP contribution is 2.34. The summed E-state index contributed by atoms with van der Waals surface area (Å²) in [5.74, 6) is 0.428. The molecule has 1 rings (SSSR count). The van der Waals surface area contributed by atoms with Gasteiger partial charge >= 0.3 is 6.09 Å². The van der Waals surface area contributed by atoms with Gasteiger partial charge in [0.15, 0.2) is 0 Å². The molecule has 1 aliphatic carbocycles. The molecule has 0 bridgehead atoms. The van der Waals surface area contributed by atoms with Crippen molar-refractivity contribution >= 4 is 6.09 Å². The van der Waals surface area contributed by atoms with Crippen molar-refractivity contribution in [3.63, 3.8) is 0 Å². The van der Waals surface area contributed by atoms with Gasteiger partial charge in [0.2, 0.25) is 0 Å². The van der Waals surface area contributed by atoms with Gasteiger partial charge in [0, 0.05) is 6.04 Å². The predicted molar refractivity (Wildman–Crippen MR) is 60.7 cm³/mol. The lowest BCUT2D eigenvalue weighted by Crippen LogP contribution is -2.43. The lowest BCUT2D eigenvalue weighted by molar-refractivity contribution is 0.0489. The van der Waals surface area contributed by atoms with E-state index in [0.29, 0.717) is 5.92 Å². The van der Waals surface area contributed by atoms with Gasteiger partial charge in [-0.3, -0.25) is 0 Å². The minimum atomic E-state index is -0.430. The quantitative estimate of drug-likeness (QED) is 0.713. The highest BCUT2D eigenvalue weighted by molar-refractivity contribution is 5.68. The van der Waals surface area contributed by atoms with Crippen LogP contribution >= 0.6 is 0 Å². The summed E-state index contributed by atoms with van der Waals surface area (Å²) in [4.78, 5) is 11.5. The van der Waals surface area contributed by atoms with Crippen LogP contribution in [-0.2, 0) is 4.74 Å². The second kappa shape index (κ2) is 4.25. The highest BCUT2D eigenvalue weighted by Gasteiger charge is 2.29. The van der Waals surface area contributed by atoms with E-state index in [1.807, 2.05) is 27.7 Å². The topological polar surface area (TPSA) is 38.3 Å². The maximum absolute atomic E-state index is 11.5. The number of hydrogen-bond acceptors (Lipinski definition) is 2. The highest BCUT2D eigenvalue weighted by atomic mass is 16.6. The van der Waals surface area contributed by atoms with Gasteiger partial charge in [-0.05, 0) is 46.5 Å². The zero-order valence-corrected chi connectivity index (χ0v) is 10.1. The summed E-state index contributed by atoms with van der Waals surface area (Å²) in [5, 5.41) is 2.85. The molecule has 0 aromatic heterocycles. The van der Waals surface area contributed by atoms with Gasteiger partial charge in [0.05, 0.1) is 0 Å². The zero-order valence-electron chi connectivity index (χ0n) is 10.1. The molecule has 1 N–H and O–H groups in total. The van der Waals surface area contributed by atoms with E-state index in [1.54, 1.807) is 0 Å². The minimum Gasteiger partial charge on any atom is -0.444 e. The van der Waals surface area contributed by atoms with E-state index >= 15 is 0 Å². The Morgan fingerprint density at radius 3 is 2.53 bits per heavy atom. The zero-order chi connectivity index (χ0) is 11.6. The van der Waals surface area contributed by atoms with Gasteiger partial charge in [-0.15, -0.1) is 0 Å². The first kappa shape index (κ1) is 12.1. The molecule has 86 valence electrons. The Balaban J connectivity index is 2.34. The molecule has 1 fully saturated rings. The first-order valence-corrected chi connectivity index (χ1v) is 5.47. The average molecular weight is 211 g/mol. The molecule has 0 saturated heterocycles. The fourth-order valence-electron chi connectivity index (χ4n) is 1.71. The number of hydrogen-bond donors (Lipinski definition) is 1. The molecular weight excluding hydrogens is 190 g/mol. The van der Waals surface area contributed by atoms with Gasteiger partial charge in [-0.2, -0.15) is 0 Å². The third kappa shape index (κ3) is 3.57. The predicted octanol–water partition coefficient (Wildman–Crippen LogP) is 2.87. The molecule has 1 amide bonds. The van der Waals surface area contributed by atoms with Crippen molar-refractivity contribution in [1.82, 2.24) is 5.32 Å². The summed E-state index contributed by atoms with van der Waals surface area (Å²) in [6.45, 7) is 11.5. The first-order chi connectivity index (χ1) is 6.79. The van der Waals surface area contributed by atoms with Crippen LogP contribution in [0.25, 0.3) is 0 Å². The van der Waals surface area contributed by atoms with Crippen LogP contribution in [0.1, 0.15) is 40.5 Å². The molecule has 0 aliphatic heterocycles. The summed E-state index contributed by atoms with van der Waals surface area (Å²) >= 11 is 0. The molecule has 0 heterocycles. The third-order valence-electron chi connectivity index (χ3n) is 2.65. The van der Waals surface area contributed by atoms with Gasteiger partial charge in [-0.25, -0.2) is 4.79 Å². The number of ether oxygens (including phenoxy) is 1. The van der Waals surface area contributed by atoms with Crippen LogP contribution in [-0.4, -0.2) is 17.7 Å². The molecular formula is C12H21NO2. The van der Waals surface area contributed by atoms with E-state index < -0.39 is 5.60 Å². The van der Waals surface area contributed by atoms with Crippen molar-refractivity contribution < 1.29 is 9.53 Å². The monoisotopic (exact) mass is 211 g/mol. The van der Waals surface area contributed by atoms with E-state index in [9.17, 15) is 4.79 Å². The second-order valence-electron chi connectivity index (χ2n) is 5.24. The van der Waals surface area contributed by atoms with Gasteiger partial charge in [-0.1, -0.05) is 12.2 Å². The molecule has 1 saturated carbocycles. The van der Waals surface area contributed by atoms with Crippen molar-refractivity contribution in [2.24, 2.45) is 5.92 Å². The van der Waals surface area contributed by atoms with Crippen molar-refractivity contribution in [2.45, 2.75) is 52.2 Å². The summed E-state index contributed by atoms with van der Waals surface area (Å²) in [5.41, 5.74) is 0.805. The molecule has 3 heteroatoms. The molecule has 2 unspecified atom stereocenters. The van der Waals surface area contributed by atoms with E-state index in [4.69, 9.17) is 4.74 Å². The Morgan fingerprint density at radius 1 is 1.60 bits per heavy atom. The largest absolute Gasteiger partial charge is 0.444 e. The lowest BCUT2D eigenvalue weighted by Gasteiger charge is -2.34. The number of nitrogens with one attached hydrogen (secondary N) is 1. The number of carbonyl (C=O) groups is 1. The lowest BCUT2D eigenvalue weighted by atomic mass is 9.76. The number of carbonyl (C=O) groups excluding carboxylic acids is 1. The minimum absolute atomic E-state index is 0.126. The maximum Gasteiger partial charge on any atom is 0.407 e. The molecule has 0 radical (unpaired) electrons. The first-order valence-electron chi connectivity index (χ1n) is 5.47. The van der Waals surface area contributed by atoms with E-state index in [-0.39, 0.29) is 12.1 Å². The Hall–Kier alpha value is -0.990. The molecule has 0 spiro atoms. The van der Waals surface area contributed by atoms with Crippen LogP contribution in [0.4, 0.5) is 4.79 Å². The number of alkyl carbamates (subject to hydrolysis) is 1. The van der Waals surface area contributed by atoms with Crippen LogP contribution < -0.4 is 5.32 Å². The van der Waals surface area contributed by atoms with E-state index in [1.165, 1.54) is 5.57 Å². The average Bonchev–Trinajstić information content (AvgIpc) is 1.97.